The van der Waals surface area contributed by atoms with Gasteiger partial charge in [0, 0.05) is 28.5 Å². The second kappa shape index (κ2) is 7.74. The zero-order valence-corrected chi connectivity index (χ0v) is 17.6. The van der Waals surface area contributed by atoms with Gasteiger partial charge in [0.25, 0.3) is 0 Å². The Bertz CT molecular complexity index is 1080. The third kappa shape index (κ3) is 3.32. The average Bonchev–Trinajstić information content (AvgIpc) is 2.94. The van der Waals surface area contributed by atoms with E-state index in [0.717, 1.165) is 11.3 Å². The first-order chi connectivity index (χ1) is 11.8. The Hall–Kier alpha value is -1.32. The van der Waals surface area contributed by atoms with E-state index in [-0.39, 0.29) is 22.2 Å². The number of hydrogen-bond acceptors (Lipinski definition) is 6. The molecule has 1 aromatic carbocycles. The summed E-state index contributed by atoms with van der Waals surface area (Å²) >= 11 is 7.23. The van der Waals surface area contributed by atoms with Crippen molar-refractivity contribution in [3.05, 3.63) is 46.2 Å². The molecule has 0 fully saturated rings. The smallest absolute Gasteiger partial charge is 0.213 e. The van der Waals surface area contributed by atoms with Crippen LogP contribution in [0.3, 0.4) is 0 Å². The van der Waals surface area contributed by atoms with Crippen LogP contribution in [0, 0.1) is 13.8 Å². The lowest BCUT2D eigenvalue weighted by Crippen LogP contribution is -2.10. The SMILES string of the molecule is CSc1nn2c(C)c(CN)c(C)nc2c1S(=O)(=O)c1cccc(Cl)c1.Cl. The van der Waals surface area contributed by atoms with Gasteiger partial charge in [-0.1, -0.05) is 17.7 Å². The van der Waals surface area contributed by atoms with Crippen LogP contribution in [0.15, 0.2) is 39.1 Å². The van der Waals surface area contributed by atoms with Crippen molar-refractivity contribution < 1.29 is 8.42 Å². The highest BCUT2D eigenvalue weighted by molar-refractivity contribution is 7.99. The van der Waals surface area contributed by atoms with Crippen molar-refractivity contribution in [2.24, 2.45) is 5.73 Å². The molecule has 2 aromatic heterocycles. The monoisotopic (exact) mass is 432 g/mol. The standard InChI is InChI=1S/C16H17ClN4O2S2.ClH/c1-9-13(8-18)10(2)21-15(19-9)14(16(20-21)24-3)25(22,23)12-6-4-5-11(17)7-12;/h4-7H,8,18H2,1-3H3;1H. The number of sulfone groups is 1. The zero-order chi connectivity index (χ0) is 18.4. The van der Waals surface area contributed by atoms with E-state index in [1.165, 1.54) is 23.9 Å². The first-order valence-electron chi connectivity index (χ1n) is 7.44. The Morgan fingerprint density at radius 1 is 1.31 bits per heavy atom. The maximum atomic E-state index is 13.2. The van der Waals surface area contributed by atoms with Gasteiger partial charge < -0.3 is 5.73 Å². The van der Waals surface area contributed by atoms with Gasteiger partial charge in [-0.25, -0.2) is 17.9 Å². The molecule has 26 heavy (non-hydrogen) atoms. The maximum Gasteiger partial charge on any atom is 0.213 e. The molecule has 0 atom stereocenters. The first kappa shape index (κ1) is 21.0. The highest BCUT2D eigenvalue weighted by Crippen LogP contribution is 2.34. The lowest BCUT2D eigenvalue weighted by Gasteiger charge is -2.09. The molecule has 0 aliphatic rings. The molecule has 0 unspecified atom stereocenters. The summed E-state index contributed by atoms with van der Waals surface area (Å²) in [7, 11) is -3.82. The number of nitrogens with zero attached hydrogens (tertiary/aromatic N) is 3. The summed E-state index contributed by atoms with van der Waals surface area (Å²) in [5, 5.41) is 5.19. The van der Waals surface area contributed by atoms with Gasteiger partial charge in [-0.2, -0.15) is 5.10 Å². The van der Waals surface area contributed by atoms with Crippen LogP contribution in [0.2, 0.25) is 5.02 Å². The van der Waals surface area contributed by atoms with Gasteiger partial charge in [-0.15, -0.1) is 24.2 Å². The van der Waals surface area contributed by atoms with E-state index in [1.54, 1.807) is 22.9 Å². The predicted molar refractivity (Wildman–Crippen MR) is 106 cm³/mol. The second-order valence-corrected chi connectivity index (χ2v) is 8.62. The Labute approximate surface area is 167 Å². The van der Waals surface area contributed by atoms with Gasteiger partial charge in [-0.05, 0) is 38.3 Å². The molecule has 10 heteroatoms. The van der Waals surface area contributed by atoms with Crippen molar-refractivity contribution in [1.82, 2.24) is 14.6 Å². The third-order valence-electron chi connectivity index (χ3n) is 4.03. The van der Waals surface area contributed by atoms with Crippen LogP contribution in [0.1, 0.15) is 17.0 Å². The van der Waals surface area contributed by atoms with Crippen molar-refractivity contribution in [2.45, 2.75) is 35.2 Å². The third-order valence-corrected chi connectivity index (χ3v) is 6.85. The Morgan fingerprint density at radius 2 is 2.00 bits per heavy atom. The molecule has 0 saturated carbocycles. The molecular formula is C16H18Cl2N4O2S2. The van der Waals surface area contributed by atoms with Gasteiger partial charge >= 0.3 is 0 Å². The summed E-state index contributed by atoms with van der Waals surface area (Å²) in [5.74, 6) is 0. The highest BCUT2D eigenvalue weighted by Gasteiger charge is 2.29. The van der Waals surface area contributed by atoms with Gasteiger partial charge in [0.1, 0.15) is 5.03 Å². The van der Waals surface area contributed by atoms with Crippen LogP contribution in [-0.2, 0) is 16.4 Å². The van der Waals surface area contributed by atoms with Crippen LogP contribution >= 0.6 is 35.8 Å². The van der Waals surface area contributed by atoms with Gasteiger partial charge in [0.15, 0.2) is 10.5 Å². The number of fused-ring (bicyclic) bond motifs is 1. The lowest BCUT2D eigenvalue weighted by atomic mass is 10.2. The molecule has 3 aromatic rings. The maximum absolute atomic E-state index is 13.2. The second-order valence-electron chi connectivity index (χ2n) is 5.50. The van der Waals surface area contributed by atoms with E-state index >= 15 is 0 Å². The summed E-state index contributed by atoms with van der Waals surface area (Å²) < 4.78 is 28.0. The van der Waals surface area contributed by atoms with E-state index in [0.29, 0.717) is 27.9 Å². The number of hydrogen-bond donors (Lipinski definition) is 1. The molecule has 2 N–H and O–H groups in total. The fourth-order valence-corrected chi connectivity index (χ4v) is 5.43. The van der Waals surface area contributed by atoms with Gasteiger partial charge in [0.2, 0.25) is 9.84 Å². The molecule has 2 heterocycles. The number of rotatable bonds is 4. The van der Waals surface area contributed by atoms with Gasteiger partial charge in [0.05, 0.1) is 4.90 Å². The minimum Gasteiger partial charge on any atom is -0.326 e. The summed E-state index contributed by atoms with van der Waals surface area (Å²) in [4.78, 5) is 4.70. The average molecular weight is 433 g/mol. The molecule has 0 aliphatic heterocycles. The van der Waals surface area contributed by atoms with Crippen molar-refractivity contribution >= 4 is 51.3 Å². The van der Waals surface area contributed by atoms with Crippen LogP contribution in [-0.4, -0.2) is 29.3 Å². The minimum absolute atomic E-state index is 0. The topological polar surface area (TPSA) is 90.3 Å². The molecule has 6 nitrogen and oxygen atoms in total. The lowest BCUT2D eigenvalue weighted by molar-refractivity contribution is 0.594. The van der Waals surface area contributed by atoms with E-state index in [9.17, 15) is 8.42 Å². The van der Waals surface area contributed by atoms with E-state index < -0.39 is 9.84 Å². The molecule has 3 rings (SSSR count). The molecular weight excluding hydrogens is 415 g/mol. The zero-order valence-electron chi connectivity index (χ0n) is 14.4. The number of aromatic nitrogens is 3. The number of benzene rings is 1. The predicted octanol–water partition coefficient (Wildman–Crippen LogP) is 3.43. The van der Waals surface area contributed by atoms with E-state index in [2.05, 4.69) is 10.1 Å². The number of aryl methyl sites for hydroxylation is 2. The largest absolute Gasteiger partial charge is 0.326 e. The quantitative estimate of drug-likeness (QED) is 0.634. The van der Waals surface area contributed by atoms with Crippen LogP contribution in [0.25, 0.3) is 5.65 Å². The Kier molecular flexibility index (Phi) is 6.24. The van der Waals surface area contributed by atoms with Crippen molar-refractivity contribution in [3.63, 3.8) is 0 Å². The molecule has 0 aliphatic carbocycles. The fourth-order valence-electron chi connectivity index (χ4n) is 2.74. The Balaban J connectivity index is 0.00000243. The number of thioether (sulfide) groups is 1. The number of nitrogens with two attached hydrogens (primary N) is 1. The minimum atomic E-state index is -3.82. The van der Waals surface area contributed by atoms with Crippen molar-refractivity contribution in [1.29, 1.82) is 0 Å². The van der Waals surface area contributed by atoms with E-state index in [4.69, 9.17) is 17.3 Å². The van der Waals surface area contributed by atoms with Crippen molar-refractivity contribution in [2.75, 3.05) is 6.26 Å². The van der Waals surface area contributed by atoms with Crippen LogP contribution in [0.4, 0.5) is 0 Å². The molecule has 0 bridgehead atoms. The molecule has 140 valence electrons. The molecule has 0 radical (unpaired) electrons. The highest BCUT2D eigenvalue weighted by atomic mass is 35.5. The van der Waals surface area contributed by atoms with Crippen LogP contribution < -0.4 is 5.73 Å². The van der Waals surface area contributed by atoms with Crippen molar-refractivity contribution in [3.8, 4) is 0 Å². The number of halogens is 2. The molecule has 0 amide bonds. The Morgan fingerprint density at radius 3 is 2.58 bits per heavy atom. The summed E-state index contributed by atoms with van der Waals surface area (Å²) in [6, 6.07) is 6.18. The van der Waals surface area contributed by atoms with Crippen LogP contribution in [0.5, 0.6) is 0 Å². The van der Waals surface area contributed by atoms with Gasteiger partial charge in [-0.3, -0.25) is 0 Å². The first-order valence-corrected chi connectivity index (χ1v) is 10.5. The summed E-state index contributed by atoms with van der Waals surface area (Å²) in [6.45, 7) is 3.99. The normalized spacial score (nSPS) is 11.6. The molecule has 0 saturated heterocycles. The van der Waals surface area contributed by atoms with E-state index in [1.807, 2.05) is 13.8 Å². The summed E-state index contributed by atoms with van der Waals surface area (Å²) in [6.07, 6.45) is 1.78. The molecule has 0 spiro atoms. The summed E-state index contributed by atoms with van der Waals surface area (Å²) in [5.41, 5.74) is 8.43. The fraction of sp³-hybridized carbons (Fsp3) is 0.250.